The molecule has 0 atom stereocenters. The van der Waals surface area contributed by atoms with Crippen molar-refractivity contribution in [1.82, 2.24) is 10.2 Å². The van der Waals surface area contributed by atoms with Gasteiger partial charge in [0.25, 0.3) is 5.91 Å². The van der Waals surface area contributed by atoms with Gasteiger partial charge in [0, 0.05) is 18.7 Å². The van der Waals surface area contributed by atoms with E-state index in [1.165, 1.54) is 19.2 Å². The molecule has 1 aromatic rings. The molecule has 4 nitrogen and oxygen atoms in total. The Kier molecular flexibility index (Phi) is 5.56. The maximum absolute atomic E-state index is 13.7. The van der Waals surface area contributed by atoms with Gasteiger partial charge >= 0.3 is 0 Å². The van der Waals surface area contributed by atoms with Gasteiger partial charge in [0.15, 0.2) is 11.6 Å². The first-order valence-corrected chi connectivity index (χ1v) is 7.49. The molecule has 1 fully saturated rings. The van der Waals surface area contributed by atoms with Gasteiger partial charge in [0.1, 0.15) is 0 Å². The van der Waals surface area contributed by atoms with Gasteiger partial charge in [-0.15, -0.1) is 0 Å². The van der Waals surface area contributed by atoms with Gasteiger partial charge in [0.05, 0.1) is 7.11 Å². The summed E-state index contributed by atoms with van der Waals surface area (Å²) < 4.78 is 18.6. The zero-order valence-electron chi connectivity index (χ0n) is 12.7. The summed E-state index contributed by atoms with van der Waals surface area (Å²) in [7, 11) is 1.41. The Bertz CT molecular complexity index is 487. The van der Waals surface area contributed by atoms with Crippen LogP contribution in [0.1, 0.15) is 30.1 Å². The molecule has 1 aliphatic rings. The standard InChI is InChI=1S/C16H23FN2O2/c1-3-19(11-12-6-8-18-9-7-12)16(20)13-4-5-15(21-2)14(17)10-13/h4-5,10,12,18H,3,6-9,11H2,1-2H3. The average molecular weight is 294 g/mol. The SMILES string of the molecule is CCN(CC1CCNCC1)C(=O)c1ccc(OC)c(F)c1. The van der Waals surface area contributed by atoms with Crippen molar-refractivity contribution < 1.29 is 13.9 Å². The van der Waals surface area contributed by atoms with Crippen molar-refractivity contribution in [3.05, 3.63) is 29.6 Å². The molecular formula is C16H23FN2O2. The van der Waals surface area contributed by atoms with Gasteiger partial charge in [-0.1, -0.05) is 0 Å². The van der Waals surface area contributed by atoms with Crippen LogP contribution < -0.4 is 10.1 Å². The van der Waals surface area contributed by atoms with Crippen LogP contribution in [0, 0.1) is 11.7 Å². The summed E-state index contributed by atoms with van der Waals surface area (Å²) in [6.45, 7) is 5.35. The van der Waals surface area contributed by atoms with E-state index in [1.807, 2.05) is 6.92 Å². The number of rotatable bonds is 5. The van der Waals surface area contributed by atoms with E-state index in [0.717, 1.165) is 32.5 Å². The number of nitrogens with zero attached hydrogens (tertiary/aromatic N) is 1. The molecule has 5 heteroatoms. The molecule has 1 aromatic carbocycles. The molecule has 21 heavy (non-hydrogen) atoms. The Hall–Kier alpha value is -1.62. The van der Waals surface area contributed by atoms with E-state index >= 15 is 0 Å². The highest BCUT2D eigenvalue weighted by Gasteiger charge is 2.21. The number of amides is 1. The van der Waals surface area contributed by atoms with E-state index in [1.54, 1.807) is 11.0 Å². The van der Waals surface area contributed by atoms with Gasteiger partial charge in [-0.05, 0) is 57.0 Å². The number of ether oxygens (including phenoxy) is 1. The zero-order chi connectivity index (χ0) is 15.2. The van der Waals surface area contributed by atoms with Gasteiger partial charge in [-0.3, -0.25) is 4.79 Å². The van der Waals surface area contributed by atoms with Crippen LogP contribution in [0.3, 0.4) is 0 Å². The number of carbonyl (C=O) groups is 1. The molecule has 2 rings (SSSR count). The number of nitrogens with one attached hydrogen (secondary N) is 1. The maximum Gasteiger partial charge on any atom is 0.253 e. The topological polar surface area (TPSA) is 41.6 Å². The molecule has 116 valence electrons. The quantitative estimate of drug-likeness (QED) is 0.906. The van der Waals surface area contributed by atoms with Gasteiger partial charge < -0.3 is 15.0 Å². The van der Waals surface area contributed by atoms with Crippen molar-refractivity contribution in [3.8, 4) is 5.75 Å². The molecule has 0 unspecified atom stereocenters. The summed E-state index contributed by atoms with van der Waals surface area (Å²) in [6, 6.07) is 4.38. The minimum Gasteiger partial charge on any atom is -0.494 e. The van der Waals surface area contributed by atoms with E-state index < -0.39 is 5.82 Å². The molecule has 1 amide bonds. The zero-order valence-corrected chi connectivity index (χ0v) is 12.7. The van der Waals surface area contributed by atoms with Crippen LogP contribution in [0.4, 0.5) is 4.39 Å². The van der Waals surface area contributed by atoms with Crippen molar-refractivity contribution >= 4 is 5.91 Å². The predicted octanol–water partition coefficient (Wildman–Crippen LogP) is 2.30. The van der Waals surface area contributed by atoms with Gasteiger partial charge in [-0.2, -0.15) is 0 Å². The third-order valence-corrected chi connectivity index (χ3v) is 4.00. The molecular weight excluding hydrogens is 271 g/mol. The fourth-order valence-electron chi connectivity index (χ4n) is 2.71. The second kappa shape index (κ2) is 7.41. The normalized spacial score (nSPS) is 15.8. The van der Waals surface area contributed by atoms with Crippen molar-refractivity contribution in [2.75, 3.05) is 33.3 Å². The van der Waals surface area contributed by atoms with E-state index in [0.29, 0.717) is 18.0 Å². The van der Waals surface area contributed by atoms with Crippen molar-refractivity contribution in [3.63, 3.8) is 0 Å². The fraction of sp³-hybridized carbons (Fsp3) is 0.562. The number of benzene rings is 1. The van der Waals surface area contributed by atoms with Crippen molar-refractivity contribution in [2.24, 2.45) is 5.92 Å². The van der Waals surface area contributed by atoms with E-state index in [2.05, 4.69) is 5.32 Å². The van der Waals surface area contributed by atoms with E-state index in [4.69, 9.17) is 4.74 Å². The Labute approximate surface area is 125 Å². The monoisotopic (exact) mass is 294 g/mol. The number of piperidine rings is 1. The fourth-order valence-corrected chi connectivity index (χ4v) is 2.71. The molecule has 0 aliphatic carbocycles. The molecule has 0 bridgehead atoms. The van der Waals surface area contributed by atoms with E-state index in [-0.39, 0.29) is 11.7 Å². The lowest BCUT2D eigenvalue weighted by Gasteiger charge is -2.29. The smallest absolute Gasteiger partial charge is 0.253 e. The molecule has 1 saturated heterocycles. The summed E-state index contributed by atoms with van der Waals surface area (Å²) in [5.41, 5.74) is 0.379. The lowest BCUT2D eigenvalue weighted by molar-refractivity contribution is 0.0726. The highest BCUT2D eigenvalue weighted by Crippen LogP contribution is 2.20. The maximum atomic E-state index is 13.7. The largest absolute Gasteiger partial charge is 0.494 e. The molecule has 1 N–H and O–H groups in total. The van der Waals surface area contributed by atoms with Crippen LogP contribution in [0.25, 0.3) is 0 Å². The van der Waals surface area contributed by atoms with Crippen molar-refractivity contribution in [1.29, 1.82) is 0 Å². The third kappa shape index (κ3) is 3.94. The molecule has 0 aromatic heterocycles. The molecule has 0 spiro atoms. The summed E-state index contributed by atoms with van der Waals surface area (Å²) in [5.74, 6) is 0.0741. The lowest BCUT2D eigenvalue weighted by atomic mass is 9.97. The minimum absolute atomic E-state index is 0.113. The van der Waals surface area contributed by atoms with Gasteiger partial charge in [-0.25, -0.2) is 4.39 Å². The van der Waals surface area contributed by atoms with Crippen LogP contribution in [0.5, 0.6) is 5.75 Å². The van der Waals surface area contributed by atoms with Crippen LogP contribution in [-0.2, 0) is 0 Å². The Balaban J connectivity index is 2.06. The van der Waals surface area contributed by atoms with Crippen molar-refractivity contribution in [2.45, 2.75) is 19.8 Å². The summed E-state index contributed by atoms with van der Waals surface area (Å²) in [5, 5.41) is 3.32. The second-order valence-corrected chi connectivity index (χ2v) is 5.39. The molecule has 0 saturated carbocycles. The van der Waals surface area contributed by atoms with Crippen LogP contribution in [-0.4, -0.2) is 44.1 Å². The highest BCUT2D eigenvalue weighted by atomic mass is 19.1. The van der Waals surface area contributed by atoms with Crippen LogP contribution in [0.15, 0.2) is 18.2 Å². The Morgan fingerprint density at radius 3 is 2.71 bits per heavy atom. The number of methoxy groups -OCH3 is 1. The number of hydrogen-bond acceptors (Lipinski definition) is 3. The summed E-state index contributed by atoms with van der Waals surface area (Å²) in [6.07, 6.45) is 2.17. The summed E-state index contributed by atoms with van der Waals surface area (Å²) in [4.78, 5) is 14.3. The van der Waals surface area contributed by atoms with Crippen LogP contribution >= 0.6 is 0 Å². The highest BCUT2D eigenvalue weighted by molar-refractivity contribution is 5.94. The first kappa shape index (κ1) is 15.8. The first-order valence-electron chi connectivity index (χ1n) is 7.49. The van der Waals surface area contributed by atoms with Crippen LogP contribution in [0.2, 0.25) is 0 Å². The molecule has 1 aliphatic heterocycles. The second-order valence-electron chi connectivity index (χ2n) is 5.39. The predicted molar refractivity (Wildman–Crippen MR) is 80.1 cm³/mol. The van der Waals surface area contributed by atoms with Gasteiger partial charge in [0.2, 0.25) is 0 Å². The number of hydrogen-bond donors (Lipinski definition) is 1. The Morgan fingerprint density at radius 2 is 2.14 bits per heavy atom. The molecule has 1 heterocycles. The molecule has 0 radical (unpaired) electrons. The van der Waals surface area contributed by atoms with E-state index in [9.17, 15) is 9.18 Å². The number of carbonyl (C=O) groups excluding carboxylic acids is 1. The Morgan fingerprint density at radius 1 is 1.43 bits per heavy atom. The first-order chi connectivity index (χ1) is 10.2. The lowest BCUT2D eigenvalue weighted by Crippen LogP contribution is -2.39. The minimum atomic E-state index is -0.499. The third-order valence-electron chi connectivity index (χ3n) is 4.00. The summed E-state index contributed by atoms with van der Waals surface area (Å²) >= 11 is 0. The average Bonchev–Trinajstić information content (AvgIpc) is 2.53. The number of halogens is 1.